The van der Waals surface area contributed by atoms with Gasteiger partial charge in [-0.05, 0) is 52.1 Å². The minimum absolute atomic E-state index is 0.364. The summed E-state index contributed by atoms with van der Waals surface area (Å²) in [6, 6.07) is 5.89. The van der Waals surface area contributed by atoms with Gasteiger partial charge in [-0.3, -0.25) is 0 Å². The smallest absolute Gasteiger partial charge is 0.175 e. The molecule has 1 fully saturated rings. The zero-order valence-corrected chi connectivity index (χ0v) is 14.3. The molecule has 1 aliphatic carbocycles. The second kappa shape index (κ2) is 6.66. The van der Waals surface area contributed by atoms with Crippen LogP contribution in [-0.4, -0.2) is 52.1 Å². The van der Waals surface area contributed by atoms with E-state index in [0.717, 1.165) is 30.4 Å². The van der Waals surface area contributed by atoms with E-state index in [-0.39, 0.29) is 0 Å². The molecule has 3 rings (SSSR count). The number of hydrogen-bond acceptors (Lipinski definition) is 5. The van der Waals surface area contributed by atoms with Crippen LogP contribution in [0.1, 0.15) is 31.4 Å². The van der Waals surface area contributed by atoms with E-state index in [2.05, 4.69) is 39.6 Å². The summed E-state index contributed by atoms with van der Waals surface area (Å²) in [7, 11) is 4.31. The standard InChI is InChI=1S/C17H26N6/c1-14-8-11-23(21-14)16-7-6-15(19-20-16)18-12-17(13-22(2)3)9-4-5-10-17/h6-8,11H,4-5,9-10,12-13H2,1-3H3,(H,18,19). The maximum absolute atomic E-state index is 4.35. The number of nitrogens with one attached hydrogen (secondary N) is 1. The molecule has 124 valence electrons. The molecular weight excluding hydrogens is 288 g/mol. The summed E-state index contributed by atoms with van der Waals surface area (Å²) >= 11 is 0. The van der Waals surface area contributed by atoms with E-state index in [4.69, 9.17) is 0 Å². The second-order valence-electron chi connectivity index (χ2n) is 6.98. The Labute approximate surface area is 137 Å². The quantitative estimate of drug-likeness (QED) is 0.888. The highest BCUT2D eigenvalue weighted by Gasteiger charge is 2.34. The minimum atomic E-state index is 0.364. The van der Waals surface area contributed by atoms with E-state index in [1.54, 1.807) is 4.68 Å². The van der Waals surface area contributed by atoms with Gasteiger partial charge in [0.05, 0.1) is 5.69 Å². The zero-order chi connectivity index (χ0) is 16.3. The first kappa shape index (κ1) is 15.9. The van der Waals surface area contributed by atoms with Crippen molar-refractivity contribution >= 4 is 5.82 Å². The van der Waals surface area contributed by atoms with Crippen molar-refractivity contribution in [1.82, 2.24) is 24.9 Å². The van der Waals surface area contributed by atoms with E-state index in [1.807, 2.05) is 31.3 Å². The Morgan fingerprint density at radius 1 is 1.17 bits per heavy atom. The molecule has 2 aromatic heterocycles. The van der Waals surface area contributed by atoms with Gasteiger partial charge in [0.2, 0.25) is 0 Å². The van der Waals surface area contributed by atoms with Gasteiger partial charge in [-0.25, -0.2) is 4.68 Å². The predicted molar refractivity (Wildman–Crippen MR) is 91.8 cm³/mol. The lowest BCUT2D eigenvalue weighted by Gasteiger charge is -2.32. The average Bonchev–Trinajstić information content (AvgIpc) is 3.15. The normalized spacial score (nSPS) is 16.9. The third-order valence-corrected chi connectivity index (χ3v) is 4.57. The van der Waals surface area contributed by atoms with Crippen molar-refractivity contribution in [2.75, 3.05) is 32.5 Å². The number of hydrogen-bond donors (Lipinski definition) is 1. The van der Waals surface area contributed by atoms with E-state index >= 15 is 0 Å². The van der Waals surface area contributed by atoms with Gasteiger partial charge in [-0.2, -0.15) is 5.10 Å². The van der Waals surface area contributed by atoms with Gasteiger partial charge in [0, 0.05) is 24.7 Å². The second-order valence-corrected chi connectivity index (χ2v) is 6.98. The van der Waals surface area contributed by atoms with Crippen molar-refractivity contribution in [2.24, 2.45) is 5.41 Å². The molecule has 0 spiro atoms. The van der Waals surface area contributed by atoms with Crippen molar-refractivity contribution in [3.63, 3.8) is 0 Å². The molecule has 0 unspecified atom stereocenters. The van der Waals surface area contributed by atoms with Crippen molar-refractivity contribution in [2.45, 2.75) is 32.6 Å². The number of rotatable bonds is 6. The highest BCUT2D eigenvalue weighted by Crippen LogP contribution is 2.38. The summed E-state index contributed by atoms with van der Waals surface area (Å²) in [5.41, 5.74) is 1.34. The Bertz CT molecular complexity index is 625. The lowest BCUT2D eigenvalue weighted by Crippen LogP contribution is -2.37. The largest absolute Gasteiger partial charge is 0.368 e. The Hall–Kier alpha value is -1.95. The van der Waals surface area contributed by atoms with E-state index in [0.29, 0.717) is 5.41 Å². The van der Waals surface area contributed by atoms with Gasteiger partial charge in [0.1, 0.15) is 5.82 Å². The van der Waals surface area contributed by atoms with Crippen LogP contribution in [0.3, 0.4) is 0 Å². The van der Waals surface area contributed by atoms with Crippen LogP contribution in [0.2, 0.25) is 0 Å². The molecule has 0 saturated heterocycles. The van der Waals surface area contributed by atoms with Gasteiger partial charge in [0.25, 0.3) is 0 Å². The molecule has 23 heavy (non-hydrogen) atoms. The fourth-order valence-corrected chi connectivity index (χ4v) is 3.55. The van der Waals surface area contributed by atoms with Gasteiger partial charge >= 0.3 is 0 Å². The predicted octanol–water partition coefficient (Wildman–Crippen LogP) is 2.50. The van der Waals surface area contributed by atoms with Gasteiger partial charge in [-0.1, -0.05) is 12.8 Å². The summed E-state index contributed by atoms with van der Waals surface area (Å²) in [5, 5.41) is 16.4. The van der Waals surface area contributed by atoms with Crippen LogP contribution < -0.4 is 5.32 Å². The SMILES string of the molecule is Cc1ccn(-c2ccc(NCC3(CN(C)C)CCCC3)nn2)n1. The van der Waals surface area contributed by atoms with Crippen LogP contribution in [0.5, 0.6) is 0 Å². The molecule has 2 aromatic rings. The van der Waals surface area contributed by atoms with Crippen molar-refractivity contribution in [3.8, 4) is 5.82 Å². The molecule has 0 aliphatic heterocycles. The number of aromatic nitrogens is 4. The van der Waals surface area contributed by atoms with Crippen LogP contribution in [0.25, 0.3) is 5.82 Å². The van der Waals surface area contributed by atoms with Gasteiger partial charge < -0.3 is 10.2 Å². The molecule has 1 saturated carbocycles. The molecule has 0 bridgehead atoms. The molecule has 1 N–H and O–H groups in total. The molecule has 6 nitrogen and oxygen atoms in total. The highest BCUT2D eigenvalue weighted by molar-refractivity contribution is 5.36. The van der Waals surface area contributed by atoms with Crippen molar-refractivity contribution in [1.29, 1.82) is 0 Å². The first-order chi connectivity index (χ1) is 11.1. The molecule has 0 atom stereocenters. The van der Waals surface area contributed by atoms with E-state index in [9.17, 15) is 0 Å². The first-order valence-electron chi connectivity index (χ1n) is 8.31. The zero-order valence-electron chi connectivity index (χ0n) is 14.3. The van der Waals surface area contributed by atoms with E-state index < -0.39 is 0 Å². The van der Waals surface area contributed by atoms with Gasteiger partial charge in [-0.15, -0.1) is 10.2 Å². The molecule has 0 radical (unpaired) electrons. The molecular formula is C17H26N6. The third kappa shape index (κ3) is 3.88. The number of anilines is 1. The summed E-state index contributed by atoms with van der Waals surface area (Å²) in [4.78, 5) is 2.29. The van der Waals surface area contributed by atoms with Crippen LogP contribution >= 0.6 is 0 Å². The Morgan fingerprint density at radius 3 is 2.52 bits per heavy atom. The Kier molecular flexibility index (Phi) is 4.61. The summed E-state index contributed by atoms with van der Waals surface area (Å²) in [5.74, 6) is 1.58. The monoisotopic (exact) mass is 314 g/mol. The average molecular weight is 314 g/mol. The maximum atomic E-state index is 4.35. The van der Waals surface area contributed by atoms with Crippen molar-refractivity contribution < 1.29 is 0 Å². The fourth-order valence-electron chi connectivity index (χ4n) is 3.55. The fraction of sp³-hybridized carbons (Fsp3) is 0.588. The van der Waals surface area contributed by atoms with Crippen molar-refractivity contribution in [3.05, 3.63) is 30.1 Å². The summed E-state index contributed by atoms with van der Waals surface area (Å²) in [6.07, 6.45) is 7.14. The lowest BCUT2D eigenvalue weighted by atomic mass is 9.85. The maximum Gasteiger partial charge on any atom is 0.175 e. The number of aryl methyl sites for hydroxylation is 1. The van der Waals surface area contributed by atoms with Gasteiger partial charge in [0.15, 0.2) is 5.82 Å². The molecule has 2 heterocycles. The van der Waals surface area contributed by atoms with Crippen LogP contribution in [-0.2, 0) is 0 Å². The van der Waals surface area contributed by atoms with E-state index in [1.165, 1.54) is 25.7 Å². The highest BCUT2D eigenvalue weighted by atomic mass is 15.3. The molecule has 0 amide bonds. The molecule has 6 heteroatoms. The molecule has 1 aliphatic rings. The van der Waals surface area contributed by atoms with Crippen LogP contribution in [0.4, 0.5) is 5.82 Å². The molecule has 0 aromatic carbocycles. The minimum Gasteiger partial charge on any atom is -0.368 e. The van der Waals surface area contributed by atoms with Crippen LogP contribution in [0.15, 0.2) is 24.4 Å². The summed E-state index contributed by atoms with van der Waals surface area (Å²) in [6.45, 7) is 4.05. The summed E-state index contributed by atoms with van der Waals surface area (Å²) < 4.78 is 1.75. The number of nitrogens with zero attached hydrogens (tertiary/aromatic N) is 5. The first-order valence-corrected chi connectivity index (χ1v) is 8.31. The Balaban J connectivity index is 1.64. The van der Waals surface area contributed by atoms with Crippen LogP contribution in [0, 0.1) is 12.3 Å². The lowest BCUT2D eigenvalue weighted by molar-refractivity contribution is 0.215. The third-order valence-electron chi connectivity index (χ3n) is 4.57. The topological polar surface area (TPSA) is 58.9 Å². The Morgan fingerprint density at radius 2 is 1.96 bits per heavy atom.